The molecule has 5 nitrogen and oxygen atoms in total. The molecule has 0 aliphatic carbocycles. The third-order valence-electron chi connectivity index (χ3n) is 2.53. The third-order valence-corrected chi connectivity index (χ3v) is 3.02. The lowest BCUT2D eigenvalue weighted by Crippen LogP contribution is -2.00. The summed E-state index contributed by atoms with van der Waals surface area (Å²) in [5.41, 5.74) is 6.32. The molecule has 2 N–H and O–H groups in total. The van der Waals surface area contributed by atoms with Crippen LogP contribution in [0.1, 0.15) is 5.56 Å². The SMILES string of the molecule is NCc1ccc(Br)cc1Oc1ccccc1[N+](=O)[O-]. The van der Waals surface area contributed by atoms with Crippen LogP contribution in [0.25, 0.3) is 0 Å². The van der Waals surface area contributed by atoms with Gasteiger partial charge in [0.15, 0.2) is 0 Å². The Balaban J connectivity index is 2.41. The van der Waals surface area contributed by atoms with Crippen molar-refractivity contribution in [2.45, 2.75) is 6.54 Å². The highest BCUT2D eigenvalue weighted by Gasteiger charge is 2.15. The Morgan fingerprint density at radius 3 is 2.63 bits per heavy atom. The van der Waals surface area contributed by atoms with Gasteiger partial charge >= 0.3 is 5.69 Å². The predicted octanol–water partition coefficient (Wildman–Crippen LogP) is 3.61. The van der Waals surface area contributed by atoms with E-state index in [2.05, 4.69) is 15.9 Å². The molecular weight excluding hydrogens is 312 g/mol. The van der Waals surface area contributed by atoms with Gasteiger partial charge in [-0.3, -0.25) is 10.1 Å². The van der Waals surface area contributed by atoms with E-state index in [9.17, 15) is 10.1 Å². The summed E-state index contributed by atoms with van der Waals surface area (Å²) in [6.07, 6.45) is 0. The molecule has 0 atom stereocenters. The summed E-state index contributed by atoms with van der Waals surface area (Å²) in [5, 5.41) is 10.9. The van der Waals surface area contributed by atoms with E-state index in [-0.39, 0.29) is 11.4 Å². The maximum Gasteiger partial charge on any atom is 0.311 e. The molecule has 6 heteroatoms. The van der Waals surface area contributed by atoms with Crippen molar-refractivity contribution in [1.82, 2.24) is 0 Å². The van der Waals surface area contributed by atoms with Gasteiger partial charge in [0.1, 0.15) is 5.75 Å². The first-order valence-corrected chi connectivity index (χ1v) is 6.31. The first kappa shape index (κ1) is 13.5. The number of para-hydroxylation sites is 2. The molecule has 0 spiro atoms. The van der Waals surface area contributed by atoms with Gasteiger partial charge in [0.25, 0.3) is 0 Å². The summed E-state index contributed by atoms with van der Waals surface area (Å²) in [7, 11) is 0. The average molecular weight is 323 g/mol. The molecular formula is C13H11BrN2O3. The van der Waals surface area contributed by atoms with Crippen molar-refractivity contribution in [1.29, 1.82) is 0 Å². The van der Waals surface area contributed by atoms with Gasteiger partial charge in [-0.25, -0.2) is 0 Å². The van der Waals surface area contributed by atoms with Gasteiger partial charge in [0, 0.05) is 22.6 Å². The van der Waals surface area contributed by atoms with E-state index in [0.717, 1.165) is 10.0 Å². The quantitative estimate of drug-likeness (QED) is 0.689. The summed E-state index contributed by atoms with van der Waals surface area (Å²) in [5.74, 6) is 0.700. The van der Waals surface area contributed by atoms with Crippen molar-refractivity contribution in [3.63, 3.8) is 0 Å². The van der Waals surface area contributed by atoms with Crippen LogP contribution >= 0.6 is 15.9 Å². The van der Waals surface area contributed by atoms with Gasteiger partial charge in [0.05, 0.1) is 4.92 Å². The van der Waals surface area contributed by atoms with E-state index < -0.39 is 4.92 Å². The van der Waals surface area contributed by atoms with Crippen LogP contribution in [0.2, 0.25) is 0 Å². The minimum atomic E-state index is -0.477. The summed E-state index contributed by atoms with van der Waals surface area (Å²) in [6.45, 7) is 0.295. The van der Waals surface area contributed by atoms with Crippen molar-refractivity contribution in [2.75, 3.05) is 0 Å². The van der Waals surface area contributed by atoms with E-state index >= 15 is 0 Å². The van der Waals surface area contributed by atoms with Crippen LogP contribution in [0, 0.1) is 10.1 Å². The second kappa shape index (κ2) is 5.81. The standard InChI is InChI=1S/C13H11BrN2O3/c14-10-6-5-9(8-15)13(7-10)19-12-4-2-1-3-11(12)16(17)18/h1-7H,8,15H2. The molecule has 0 saturated carbocycles. The molecule has 0 aromatic heterocycles. The summed E-state index contributed by atoms with van der Waals surface area (Å²) in [4.78, 5) is 10.4. The molecule has 0 bridgehead atoms. The van der Waals surface area contributed by atoms with E-state index in [1.807, 2.05) is 12.1 Å². The van der Waals surface area contributed by atoms with Gasteiger partial charge in [-0.2, -0.15) is 0 Å². The lowest BCUT2D eigenvalue weighted by Gasteiger charge is -2.10. The molecule has 0 radical (unpaired) electrons. The highest BCUT2D eigenvalue weighted by Crippen LogP contribution is 2.33. The number of rotatable bonds is 4. The first-order valence-electron chi connectivity index (χ1n) is 5.51. The third kappa shape index (κ3) is 3.10. The Bertz CT molecular complexity index is 617. The van der Waals surface area contributed by atoms with Gasteiger partial charge in [-0.15, -0.1) is 0 Å². The van der Waals surface area contributed by atoms with E-state index in [4.69, 9.17) is 10.5 Å². The maximum atomic E-state index is 10.9. The number of hydrogen-bond acceptors (Lipinski definition) is 4. The van der Waals surface area contributed by atoms with Crippen molar-refractivity contribution in [2.24, 2.45) is 5.73 Å². The molecule has 0 aliphatic heterocycles. The molecule has 0 aliphatic rings. The predicted molar refractivity (Wildman–Crippen MR) is 75.2 cm³/mol. The fraction of sp³-hybridized carbons (Fsp3) is 0.0769. The largest absolute Gasteiger partial charge is 0.450 e. The Morgan fingerprint density at radius 2 is 1.95 bits per heavy atom. The van der Waals surface area contributed by atoms with Crippen molar-refractivity contribution in [3.05, 3.63) is 62.6 Å². The number of nitro groups is 1. The molecule has 2 aromatic rings. The molecule has 0 heterocycles. The molecule has 0 saturated heterocycles. The van der Waals surface area contributed by atoms with Gasteiger partial charge in [0.2, 0.25) is 5.75 Å². The van der Waals surface area contributed by atoms with E-state index in [1.54, 1.807) is 24.3 Å². The monoisotopic (exact) mass is 322 g/mol. The van der Waals surface area contributed by atoms with Gasteiger partial charge < -0.3 is 10.5 Å². The molecule has 98 valence electrons. The summed E-state index contributed by atoms with van der Waals surface area (Å²) in [6, 6.07) is 11.6. The lowest BCUT2D eigenvalue weighted by molar-refractivity contribution is -0.385. The Morgan fingerprint density at radius 1 is 1.21 bits per heavy atom. The van der Waals surface area contributed by atoms with E-state index in [0.29, 0.717) is 12.3 Å². The molecule has 2 rings (SSSR count). The smallest absolute Gasteiger partial charge is 0.311 e. The topological polar surface area (TPSA) is 78.4 Å². The van der Waals surface area contributed by atoms with Crippen LogP contribution in [0.3, 0.4) is 0 Å². The normalized spacial score (nSPS) is 10.2. The molecule has 0 amide bonds. The zero-order chi connectivity index (χ0) is 13.8. The molecule has 0 fully saturated rings. The zero-order valence-electron chi connectivity index (χ0n) is 9.88. The van der Waals surface area contributed by atoms with Crippen LogP contribution in [0.15, 0.2) is 46.9 Å². The Labute approximate surface area is 118 Å². The van der Waals surface area contributed by atoms with E-state index in [1.165, 1.54) is 6.07 Å². The first-order chi connectivity index (χ1) is 9.11. The summed E-state index contributed by atoms with van der Waals surface area (Å²) < 4.78 is 6.44. The van der Waals surface area contributed by atoms with Gasteiger partial charge in [-0.1, -0.05) is 34.1 Å². The number of nitrogens with two attached hydrogens (primary N) is 1. The highest BCUT2D eigenvalue weighted by molar-refractivity contribution is 9.10. The molecule has 0 unspecified atom stereocenters. The van der Waals surface area contributed by atoms with Gasteiger partial charge in [-0.05, 0) is 18.2 Å². The van der Waals surface area contributed by atoms with Crippen LogP contribution in [0.4, 0.5) is 5.69 Å². The molecule has 2 aromatic carbocycles. The minimum Gasteiger partial charge on any atom is -0.450 e. The van der Waals surface area contributed by atoms with Crippen LogP contribution < -0.4 is 10.5 Å². The second-order valence-electron chi connectivity index (χ2n) is 3.78. The van der Waals surface area contributed by atoms with Crippen molar-refractivity contribution in [3.8, 4) is 11.5 Å². The number of benzene rings is 2. The fourth-order valence-electron chi connectivity index (χ4n) is 1.60. The maximum absolute atomic E-state index is 10.9. The number of ether oxygens (including phenoxy) is 1. The Hall–Kier alpha value is -1.92. The van der Waals surface area contributed by atoms with Crippen LogP contribution in [-0.2, 0) is 6.54 Å². The van der Waals surface area contributed by atoms with Crippen molar-refractivity contribution < 1.29 is 9.66 Å². The average Bonchev–Trinajstić information content (AvgIpc) is 2.39. The highest BCUT2D eigenvalue weighted by atomic mass is 79.9. The molecule has 19 heavy (non-hydrogen) atoms. The Kier molecular flexibility index (Phi) is 4.13. The number of nitrogens with zero attached hydrogens (tertiary/aromatic N) is 1. The van der Waals surface area contributed by atoms with Crippen molar-refractivity contribution >= 4 is 21.6 Å². The lowest BCUT2D eigenvalue weighted by atomic mass is 10.2. The summed E-state index contributed by atoms with van der Waals surface area (Å²) >= 11 is 3.33. The second-order valence-corrected chi connectivity index (χ2v) is 4.70. The van der Waals surface area contributed by atoms with Crippen LogP contribution in [0.5, 0.6) is 11.5 Å². The number of halogens is 1. The fourth-order valence-corrected chi connectivity index (χ4v) is 1.94. The van der Waals surface area contributed by atoms with Crippen LogP contribution in [-0.4, -0.2) is 4.92 Å². The number of hydrogen-bond donors (Lipinski definition) is 1. The minimum absolute atomic E-state index is 0.0783. The zero-order valence-corrected chi connectivity index (χ0v) is 11.5. The number of nitro benzene ring substituents is 1.